The number of morpholine rings is 2. The minimum atomic E-state index is -0.587. The van der Waals surface area contributed by atoms with E-state index >= 15 is 0 Å². The van der Waals surface area contributed by atoms with Crippen LogP contribution in [0.4, 0.5) is 16.0 Å². The Morgan fingerprint density at radius 1 is 0.703 bits per heavy atom. The van der Waals surface area contributed by atoms with Crippen LogP contribution in [0.1, 0.15) is 98.5 Å². The summed E-state index contributed by atoms with van der Waals surface area (Å²) < 4.78 is 40.3. The highest BCUT2D eigenvalue weighted by molar-refractivity contribution is 9.10. The molecule has 4 aromatic rings. The zero-order valence-electron chi connectivity index (χ0n) is 37.9. The number of thioether (sulfide) groups is 2. The Labute approximate surface area is 394 Å². The fraction of sp³-hybridized carbons (Fsp3) is 0.520. The van der Waals surface area contributed by atoms with Crippen LogP contribution in [0.25, 0.3) is 0 Å². The van der Waals surface area contributed by atoms with Gasteiger partial charge >= 0.3 is 0 Å². The SMILES string of the molecule is CC1CN(c2nc(SCCc3cc(Br)cc(CC4(C)Cc5c(C#N)c(SCCc6cccc(F)c6)nc(N6CC(C)OC(C)C6)c5CO4)c3)c(C#N)c3c2COC(C)(C)C3)CC(C)O1. The monoisotopic (exact) mass is 968 g/mol. The number of benzene rings is 2. The van der Waals surface area contributed by atoms with Crippen LogP contribution < -0.4 is 9.80 Å². The fourth-order valence-electron chi connectivity index (χ4n) is 9.78. The Bertz CT molecular complexity index is 2460. The van der Waals surface area contributed by atoms with Crippen molar-refractivity contribution < 1.29 is 23.3 Å². The molecule has 14 heteroatoms. The topological polar surface area (TPSA) is 117 Å². The number of pyridine rings is 2. The molecule has 2 aromatic carbocycles. The molecule has 2 saturated heterocycles. The van der Waals surface area contributed by atoms with E-state index in [9.17, 15) is 14.9 Å². The van der Waals surface area contributed by atoms with Gasteiger partial charge in [-0.2, -0.15) is 10.5 Å². The van der Waals surface area contributed by atoms with Crippen LogP contribution in [-0.2, 0) is 64.3 Å². The van der Waals surface area contributed by atoms with E-state index in [2.05, 4.69) is 105 Å². The lowest BCUT2D eigenvalue weighted by molar-refractivity contribution is -0.0540. The van der Waals surface area contributed by atoms with Gasteiger partial charge in [0.2, 0.25) is 0 Å². The number of hydrogen-bond acceptors (Lipinski definition) is 12. The minimum Gasteiger partial charge on any atom is -0.372 e. The Morgan fingerprint density at radius 2 is 1.22 bits per heavy atom. The zero-order valence-corrected chi connectivity index (χ0v) is 41.2. The van der Waals surface area contributed by atoms with Crippen molar-refractivity contribution in [1.29, 1.82) is 10.5 Å². The van der Waals surface area contributed by atoms with Crippen LogP contribution in [0.3, 0.4) is 0 Å². The minimum absolute atomic E-state index is 0.0328. The van der Waals surface area contributed by atoms with Crippen LogP contribution in [0, 0.1) is 28.5 Å². The molecule has 2 aromatic heterocycles. The molecule has 338 valence electrons. The van der Waals surface area contributed by atoms with Crippen molar-refractivity contribution in [2.24, 2.45) is 0 Å². The van der Waals surface area contributed by atoms with Crippen molar-refractivity contribution in [2.45, 2.75) is 139 Å². The van der Waals surface area contributed by atoms with Gasteiger partial charge < -0.3 is 28.7 Å². The number of anilines is 2. The molecule has 64 heavy (non-hydrogen) atoms. The highest BCUT2D eigenvalue weighted by Gasteiger charge is 2.39. The number of nitriles is 2. The number of aryl methyl sites for hydroxylation is 2. The predicted octanol–water partition coefficient (Wildman–Crippen LogP) is 9.94. The van der Waals surface area contributed by atoms with Gasteiger partial charge in [-0.1, -0.05) is 34.1 Å². The van der Waals surface area contributed by atoms with E-state index in [4.69, 9.17) is 28.9 Å². The summed E-state index contributed by atoms with van der Waals surface area (Å²) in [6.45, 7) is 18.3. The Balaban J connectivity index is 1.02. The molecule has 6 heterocycles. The van der Waals surface area contributed by atoms with Crippen LogP contribution in [0.2, 0.25) is 0 Å². The van der Waals surface area contributed by atoms with Crippen molar-refractivity contribution in [3.05, 3.63) is 103 Å². The molecule has 10 nitrogen and oxygen atoms in total. The first-order valence-electron chi connectivity index (χ1n) is 22.4. The molecule has 4 aliphatic heterocycles. The zero-order chi connectivity index (χ0) is 45.3. The lowest BCUT2D eigenvalue weighted by Gasteiger charge is -2.41. The molecule has 0 aliphatic carbocycles. The van der Waals surface area contributed by atoms with Crippen LogP contribution in [-0.4, -0.2) is 83.3 Å². The molecule has 5 atom stereocenters. The molecule has 5 unspecified atom stereocenters. The summed E-state index contributed by atoms with van der Waals surface area (Å²) in [5.41, 5.74) is 7.57. The van der Waals surface area contributed by atoms with Gasteiger partial charge in [0, 0.05) is 72.5 Å². The molecule has 0 amide bonds. The first-order chi connectivity index (χ1) is 30.6. The summed E-state index contributed by atoms with van der Waals surface area (Å²) in [4.78, 5) is 15.0. The summed E-state index contributed by atoms with van der Waals surface area (Å²) in [6, 6.07) is 18.4. The smallest absolute Gasteiger partial charge is 0.135 e. The summed E-state index contributed by atoms with van der Waals surface area (Å²) >= 11 is 7.01. The van der Waals surface area contributed by atoms with Crippen LogP contribution >= 0.6 is 39.5 Å². The third-order valence-corrected chi connectivity index (χ3v) is 14.9. The van der Waals surface area contributed by atoms with Gasteiger partial charge in [0.15, 0.2) is 0 Å². The Morgan fingerprint density at radius 3 is 1.77 bits per heavy atom. The summed E-state index contributed by atoms with van der Waals surface area (Å²) in [7, 11) is 0. The number of nitrogens with zero attached hydrogens (tertiary/aromatic N) is 6. The van der Waals surface area contributed by atoms with Crippen LogP contribution in [0.15, 0.2) is 57.0 Å². The Hall–Kier alpha value is -3.73. The molecule has 4 aliphatic rings. The van der Waals surface area contributed by atoms with Gasteiger partial charge in [0.05, 0.1) is 60.0 Å². The molecular weight excluding hydrogens is 912 g/mol. The number of hydrogen-bond donors (Lipinski definition) is 0. The fourth-order valence-corrected chi connectivity index (χ4v) is 12.4. The van der Waals surface area contributed by atoms with Crippen molar-refractivity contribution >= 4 is 51.1 Å². The summed E-state index contributed by atoms with van der Waals surface area (Å²) in [5, 5.41) is 22.8. The maximum Gasteiger partial charge on any atom is 0.135 e. The van der Waals surface area contributed by atoms with Gasteiger partial charge in [-0.3, -0.25) is 0 Å². The van der Waals surface area contributed by atoms with Crippen LogP contribution in [0.5, 0.6) is 0 Å². The second kappa shape index (κ2) is 19.6. The number of ether oxygens (including phenoxy) is 4. The first kappa shape index (κ1) is 46.8. The first-order valence-corrected chi connectivity index (χ1v) is 25.1. The van der Waals surface area contributed by atoms with E-state index < -0.39 is 5.60 Å². The van der Waals surface area contributed by atoms with Gasteiger partial charge in [0.1, 0.15) is 39.6 Å². The quantitative estimate of drug-likeness (QED) is 0.126. The molecule has 0 N–H and O–H groups in total. The molecule has 2 fully saturated rings. The number of aromatic nitrogens is 2. The molecule has 0 spiro atoms. The molecular formula is C50H58BrFN6O4S2. The third-order valence-electron chi connectivity index (χ3n) is 12.4. The average Bonchev–Trinajstić information content (AvgIpc) is 3.21. The van der Waals surface area contributed by atoms with Crippen molar-refractivity contribution in [1.82, 2.24) is 9.97 Å². The van der Waals surface area contributed by atoms with Gasteiger partial charge in [-0.05, 0) is 113 Å². The van der Waals surface area contributed by atoms with Crippen molar-refractivity contribution in [3.63, 3.8) is 0 Å². The Kier molecular flexibility index (Phi) is 14.3. The van der Waals surface area contributed by atoms with E-state index in [-0.39, 0.29) is 35.8 Å². The highest BCUT2D eigenvalue weighted by atomic mass is 79.9. The largest absolute Gasteiger partial charge is 0.372 e. The molecule has 0 bridgehead atoms. The van der Waals surface area contributed by atoms with Gasteiger partial charge in [-0.25, -0.2) is 14.4 Å². The molecule has 8 rings (SSSR count). The number of fused-ring (bicyclic) bond motifs is 2. The third kappa shape index (κ3) is 10.8. The number of rotatable bonds is 12. The van der Waals surface area contributed by atoms with Gasteiger partial charge in [0.25, 0.3) is 0 Å². The molecule has 0 saturated carbocycles. The lowest BCUT2D eigenvalue weighted by atomic mass is 9.83. The normalized spacial score (nSPS) is 24.1. The lowest BCUT2D eigenvalue weighted by Crippen LogP contribution is -2.47. The predicted molar refractivity (Wildman–Crippen MR) is 255 cm³/mol. The second-order valence-corrected chi connectivity index (χ2v) is 21.9. The second-order valence-electron chi connectivity index (χ2n) is 18.8. The van der Waals surface area contributed by atoms with E-state index in [1.165, 1.54) is 11.6 Å². The average molecular weight is 970 g/mol. The number of halogens is 2. The molecule has 0 radical (unpaired) electrons. The standard InChI is InChI=1S/C50H58BrFN6O4S2/c1-30-24-57(25-31(2)61-30)45-43-28-59-49(5,6)20-39(43)41(22-53)47(55-45)64-14-12-35-15-36(17-37(51)16-35)19-50(7)21-40-42(23-54)48(63-13-11-34-9-8-10-38(52)18-34)56-46(44(40)29-60-50)58-26-32(3)62-33(4)27-58/h8-10,15-18,30-33H,11-14,19-21,24-29H2,1-7H3. The van der Waals surface area contributed by atoms with E-state index in [0.29, 0.717) is 73.9 Å². The van der Waals surface area contributed by atoms with E-state index in [0.717, 1.165) is 79.8 Å². The maximum absolute atomic E-state index is 14.0. The van der Waals surface area contributed by atoms with E-state index in [1.807, 2.05) is 6.07 Å². The van der Waals surface area contributed by atoms with E-state index in [1.54, 1.807) is 35.7 Å². The highest BCUT2D eigenvalue weighted by Crippen LogP contribution is 2.42. The maximum atomic E-state index is 14.0. The van der Waals surface area contributed by atoms with Gasteiger partial charge in [-0.15, -0.1) is 23.5 Å². The van der Waals surface area contributed by atoms with Crippen molar-refractivity contribution in [3.8, 4) is 12.1 Å². The summed E-state index contributed by atoms with van der Waals surface area (Å²) in [5.74, 6) is 2.92. The summed E-state index contributed by atoms with van der Waals surface area (Å²) in [6.07, 6.45) is 3.49. The van der Waals surface area contributed by atoms with Crippen molar-refractivity contribution in [2.75, 3.05) is 47.5 Å².